The van der Waals surface area contributed by atoms with Crippen LogP contribution in [0.5, 0.6) is 0 Å². The number of anilines is 1. The topological polar surface area (TPSA) is 78.6 Å². The number of aliphatic hydroxyl groups excluding tert-OH is 1. The molecule has 0 spiro atoms. The van der Waals surface area contributed by atoms with Crippen molar-refractivity contribution in [3.8, 4) is 0 Å². The van der Waals surface area contributed by atoms with Crippen LogP contribution in [0.1, 0.15) is 12.0 Å². The van der Waals surface area contributed by atoms with Gasteiger partial charge in [-0.15, -0.1) is 0 Å². The summed E-state index contributed by atoms with van der Waals surface area (Å²) in [6.07, 6.45) is 0.579. The molecule has 0 heterocycles. The van der Waals surface area contributed by atoms with E-state index >= 15 is 0 Å². The molecule has 0 aliphatic carbocycles. The quantitative estimate of drug-likeness (QED) is 0.714. The van der Waals surface area contributed by atoms with Crippen LogP contribution < -0.4 is 11.1 Å². The predicted molar refractivity (Wildman–Crippen MR) is 67.7 cm³/mol. The van der Waals surface area contributed by atoms with Crippen LogP contribution in [0.4, 0.5) is 10.5 Å². The summed E-state index contributed by atoms with van der Waals surface area (Å²) >= 11 is 0. The molecule has 94 valence electrons. The zero-order chi connectivity index (χ0) is 12.7. The normalized spacial score (nSPS) is 10.1. The average molecular weight is 237 g/mol. The van der Waals surface area contributed by atoms with Gasteiger partial charge in [0.15, 0.2) is 0 Å². The fraction of sp³-hybridized carbons (Fsp3) is 0.417. The Morgan fingerprint density at radius 2 is 2.06 bits per heavy atom. The molecule has 0 atom stereocenters. The minimum absolute atomic E-state index is 0.0861. The van der Waals surface area contributed by atoms with Gasteiger partial charge in [-0.05, 0) is 24.1 Å². The van der Waals surface area contributed by atoms with Crippen LogP contribution in [0.25, 0.3) is 0 Å². The van der Waals surface area contributed by atoms with Crippen molar-refractivity contribution in [1.29, 1.82) is 0 Å². The second-order valence-electron chi connectivity index (χ2n) is 3.83. The van der Waals surface area contributed by atoms with Crippen molar-refractivity contribution in [3.05, 3.63) is 29.8 Å². The third-order valence-electron chi connectivity index (χ3n) is 2.44. The molecule has 0 unspecified atom stereocenters. The molecule has 0 aromatic heterocycles. The molecule has 0 aliphatic heterocycles. The smallest absolute Gasteiger partial charge is 0.321 e. The van der Waals surface area contributed by atoms with E-state index in [1.807, 2.05) is 24.3 Å². The first-order valence-corrected chi connectivity index (χ1v) is 5.59. The van der Waals surface area contributed by atoms with Gasteiger partial charge in [0.25, 0.3) is 0 Å². The summed E-state index contributed by atoms with van der Waals surface area (Å²) in [5, 5.41) is 11.4. The number of aliphatic hydroxyl groups is 1. The zero-order valence-electron chi connectivity index (χ0n) is 10.0. The highest BCUT2D eigenvalue weighted by Crippen LogP contribution is 2.09. The summed E-state index contributed by atoms with van der Waals surface area (Å²) in [7, 11) is 1.69. The maximum atomic E-state index is 11.7. The summed E-state index contributed by atoms with van der Waals surface area (Å²) in [6.45, 7) is 1.11. The van der Waals surface area contributed by atoms with E-state index in [2.05, 4.69) is 5.32 Å². The van der Waals surface area contributed by atoms with Gasteiger partial charge >= 0.3 is 6.03 Å². The van der Waals surface area contributed by atoms with Crippen molar-refractivity contribution in [1.82, 2.24) is 4.90 Å². The Morgan fingerprint density at radius 1 is 1.41 bits per heavy atom. The van der Waals surface area contributed by atoms with Gasteiger partial charge in [-0.1, -0.05) is 12.1 Å². The molecule has 0 aliphatic rings. The van der Waals surface area contributed by atoms with E-state index in [-0.39, 0.29) is 12.6 Å². The van der Waals surface area contributed by atoms with E-state index in [0.717, 1.165) is 11.3 Å². The van der Waals surface area contributed by atoms with Gasteiger partial charge < -0.3 is 21.1 Å². The number of rotatable bonds is 5. The molecule has 1 rings (SSSR count). The number of amides is 2. The van der Waals surface area contributed by atoms with Crippen molar-refractivity contribution >= 4 is 11.7 Å². The lowest BCUT2D eigenvalue weighted by atomic mass is 10.2. The molecule has 2 amide bonds. The van der Waals surface area contributed by atoms with Crippen LogP contribution in [0.3, 0.4) is 0 Å². The Bertz CT molecular complexity index is 351. The third-order valence-corrected chi connectivity index (χ3v) is 2.44. The second-order valence-corrected chi connectivity index (χ2v) is 3.83. The monoisotopic (exact) mass is 237 g/mol. The number of hydrogen-bond acceptors (Lipinski definition) is 3. The van der Waals surface area contributed by atoms with E-state index in [1.165, 1.54) is 4.90 Å². The van der Waals surface area contributed by atoms with Gasteiger partial charge in [0, 0.05) is 32.4 Å². The standard InChI is InChI=1S/C12H19N3O2/c1-15(7-2-8-16)12(17)14-11-5-3-10(9-13)4-6-11/h3-6,16H,2,7-9,13H2,1H3,(H,14,17). The van der Waals surface area contributed by atoms with Gasteiger partial charge in [-0.2, -0.15) is 0 Å². The van der Waals surface area contributed by atoms with Crippen LogP contribution in [-0.4, -0.2) is 36.2 Å². The van der Waals surface area contributed by atoms with E-state index in [4.69, 9.17) is 10.8 Å². The van der Waals surface area contributed by atoms with Crippen molar-refractivity contribution in [2.24, 2.45) is 5.73 Å². The molecular formula is C12H19N3O2. The molecule has 5 nitrogen and oxygen atoms in total. The minimum atomic E-state index is -0.182. The lowest BCUT2D eigenvalue weighted by Gasteiger charge is -2.17. The molecule has 0 fully saturated rings. The Balaban J connectivity index is 2.49. The van der Waals surface area contributed by atoms with Crippen molar-refractivity contribution < 1.29 is 9.90 Å². The average Bonchev–Trinajstić information content (AvgIpc) is 2.36. The van der Waals surface area contributed by atoms with Crippen LogP contribution in [0, 0.1) is 0 Å². The summed E-state index contributed by atoms with van der Waals surface area (Å²) in [4.78, 5) is 13.2. The molecular weight excluding hydrogens is 218 g/mol. The summed E-state index contributed by atoms with van der Waals surface area (Å²) in [5.41, 5.74) is 7.25. The molecule has 0 saturated heterocycles. The number of carbonyl (C=O) groups excluding carboxylic acids is 1. The highest BCUT2D eigenvalue weighted by atomic mass is 16.3. The van der Waals surface area contributed by atoms with Crippen molar-refractivity contribution in [2.75, 3.05) is 25.5 Å². The maximum absolute atomic E-state index is 11.7. The number of nitrogens with two attached hydrogens (primary N) is 1. The second kappa shape index (κ2) is 6.88. The number of nitrogens with zero attached hydrogens (tertiary/aromatic N) is 1. The first-order valence-electron chi connectivity index (χ1n) is 5.59. The third kappa shape index (κ3) is 4.42. The SMILES string of the molecule is CN(CCCO)C(=O)Nc1ccc(CN)cc1. The number of nitrogens with one attached hydrogen (secondary N) is 1. The van der Waals surface area contributed by atoms with Gasteiger partial charge in [0.05, 0.1) is 0 Å². The molecule has 5 heteroatoms. The van der Waals surface area contributed by atoms with Crippen LogP contribution in [0.2, 0.25) is 0 Å². The van der Waals surface area contributed by atoms with Crippen molar-refractivity contribution in [3.63, 3.8) is 0 Å². The van der Waals surface area contributed by atoms with E-state index < -0.39 is 0 Å². The first-order chi connectivity index (χ1) is 8.17. The van der Waals surface area contributed by atoms with E-state index in [1.54, 1.807) is 7.05 Å². The lowest BCUT2D eigenvalue weighted by Crippen LogP contribution is -2.32. The van der Waals surface area contributed by atoms with E-state index in [0.29, 0.717) is 19.5 Å². The van der Waals surface area contributed by atoms with E-state index in [9.17, 15) is 4.79 Å². The molecule has 4 N–H and O–H groups in total. The molecule has 17 heavy (non-hydrogen) atoms. The Morgan fingerprint density at radius 3 is 2.59 bits per heavy atom. The fourth-order valence-corrected chi connectivity index (χ4v) is 1.35. The van der Waals surface area contributed by atoms with Crippen molar-refractivity contribution in [2.45, 2.75) is 13.0 Å². The predicted octanol–water partition coefficient (Wildman–Crippen LogP) is 0.991. The van der Waals surface area contributed by atoms with Crippen LogP contribution >= 0.6 is 0 Å². The maximum Gasteiger partial charge on any atom is 0.321 e. The fourth-order valence-electron chi connectivity index (χ4n) is 1.35. The zero-order valence-corrected chi connectivity index (χ0v) is 10.0. The molecule has 1 aromatic rings. The van der Waals surface area contributed by atoms with Crippen LogP contribution in [0.15, 0.2) is 24.3 Å². The highest BCUT2D eigenvalue weighted by Gasteiger charge is 2.07. The Labute approximate surface area is 101 Å². The summed E-state index contributed by atoms with van der Waals surface area (Å²) in [6, 6.07) is 7.21. The number of hydrogen-bond donors (Lipinski definition) is 3. The Kier molecular flexibility index (Phi) is 5.45. The minimum Gasteiger partial charge on any atom is -0.396 e. The largest absolute Gasteiger partial charge is 0.396 e. The van der Waals surface area contributed by atoms with Gasteiger partial charge in [0.2, 0.25) is 0 Å². The number of benzene rings is 1. The summed E-state index contributed by atoms with van der Waals surface area (Å²) in [5.74, 6) is 0. The van der Waals surface area contributed by atoms with Crippen LogP contribution in [-0.2, 0) is 6.54 Å². The Hall–Kier alpha value is -1.59. The molecule has 0 bridgehead atoms. The highest BCUT2D eigenvalue weighted by molar-refractivity contribution is 5.89. The molecule has 1 aromatic carbocycles. The molecule has 0 radical (unpaired) electrons. The van der Waals surface area contributed by atoms with Gasteiger partial charge in [-0.3, -0.25) is 0 Å². The number of urea groups is 1. The lowest BCUT2D eigenvalue weighted by molar-refractivity contribution is 0.214. The summed E-state index contributed by atoms with van der Waals surface area (Å²) < 4.78 is 0. The van der Waals surface area contributed by atoms with Gasteiger partial charge in [0.1, 0.15) is 0 Å². The number of carbonyl (C=O) groups is 1. The first kappa shape index (κ1) is 13.5. The van der Waals surface area contributed by atoms with Gasteiger partial charge in [-0.25, -0.2) is 4.79 Å². The molecule has 0 saturated carbocycles.